The third-order valence-electron chi connectivity index (χ3n) is 2.93. The highest BCUT2D eigenvalue weighted by molar-refractivity contribution is 5.23. The number of likely N-dealkylation sites (tertiary alicyclic amines) is 1. The first-order chi connectivity index (χ1) is 5.90. The lowest BCUT2D eigenvalue weighted by Crippen LogP contribution is -2.45. The van der Waals surface area contributed by atoms with Gasteiger partial charge in [-0.15, -0.1) is 0 Å². The van der Waals surface area contributed by atoms with E-state index >= 15 is 0 Å². The third kappa shape index (κ3) is 1.37. The van der Waals surface area contributed by atoms with Gasteiger partial charge in [0.25, 0.3) is 0 Å². The van der Waals surface area contributed by atoms with E-state index in [1.165, 1.54) is 25.9 Å². The van der Waals surface area contributed by atoms with Gasteiger partial charge in [0.05, 0.1) is 6.07 Å². The van der Waals surface area contributed by atoms with Crippen LogP contribution in [0.2, 0.25) is 0 Å². The molecule has 1 atom stereocenters. The Morgan fingerprint density at radius 3 is 2.75 bits per heavy atom. The predicted molar refractivity (Wildman–Crippen MR) is 47.5 cm³/mol. The summed E-state index contributed by atoms with van der Waals surface area (Å²) in [5.41, 5.74) is 0.992. The molecular formula is C10H14N2. The van der Waals surface area contributed by atoms with Crippen LogP contribution in [0.25, 0.3) is 0 Å². The normalized spacial score (nSPS) is 30.2. The van der Waals surface area contributed by atoms with Gasteiger partial charge in [-0.25, -0.2) is 0 Å². The van der Waals surface area contributed by atoms with Crippen LogP contribution in [0.5, 0.6) is 0 Å². The molecule has 12 heavy (non-hydrogen) atoms. The van der Waals surface area contributed by atoms with E-state index in [-0.39, 0.29) is 0 Å². The minimum atomic E-state index is 0.746. The average Bonchev–Trinajstić information content (AvgIpc) is 2.03. The van der Waals surface area contributed by atoms with E-state index in [0.29, 0.717) is 0 Å². The van der Waals surface area contributed by atoms with Crippen molar-refractivity contribution >= 4 is 0 Å². The summed E-state index contributed by atoms with van der Waals surface area (Å²) in [7, 11) is 0. The van der Waals surface area contributed by atoms with Crippen molar-refractivity contribution in [2.45, 2.75) is 31.7 Å². The van der Waals surface area contributed by atoms with Gasteiger partial charge in [0.1, 0.15) is 0 Å². The molecule has 0 amide bonds. The Kier molecular flexibility index (Phi) is 2.14. The molecule has 0 spiro atoms. The Morgan fingerprint density at radius 2 is 2.33 bits per heavy atom. The maximum Gasteiger partial charge on any atom is 0.0943 e. The smallest absolute Gasteiger partial charge is 0.0943 e. The molecular weight excluding hydrogens is 148 g/mol. The molecule has 0 bridgehead atoms. The second-order valence-electron chi connectivity index (χ2n) is 3.66. The highest BCUT2D eigenvalue weighted by Crippen LogP contribution is 2.25. The van der Waals surface area contributed by atoms with E-state index in [1.807, 2.05) is 0 Å². The maximum atomic E-state index is 8.66. The van der Waals surface area contributed by atoms with Gasteiger partial charge in [-0.3, -0.25) is 4.90 Å². The zero-order valence-electron chi connectivity index (χ0n) is 7.29. The quantitative estimate of drug-likeness (QED) is 0.586. The lowest BCUT2D eigenvalue weighted by molar-refractivity contribution is 0.110. The van der Waals surface area contributed by atoms with Crippen molar-refractivity contribution in [3.05, 3.63) is 11.6 Å². The molecule has 2 aliphatic rings. The topological polar surface area (TPSA) is 27.0 Å². The molecule has 1 aliphatic carbocycles. The summed E-state index contributed by atoms with van der Waals surface area (Å²) in [6, 6.07) is 2.99. The van der Waals surface area contributed by atoms with E-state index in [0.717, 1.165) is 24.5 Å². The highest BCUT2D eigenvalue weighted by Gasteiger charge is 2.24. The predicted octanol–water partition coefficient (Wildman–Crippen LogP) is 1.69. The standard InChI is InChI=1S/C10H14N2/c11-8-9-2-4-10(5-3-9)12-6-1-7-12/h2,10H,1,3-7H2. The first kappa shape index (κ1) is 7.82. The highest BCUT2D eigenvalue weighted by atomic mass is 15.2. The number of hydrogen-bond acceptors (Lipinski definition) is 2. The molecule has 2 rings (SSSR count). The first-order valence-corrected chi connectivity index (χ1v) is 4.73. The Labute approximate surface area is 73.5 Å². The van der Waals surface area contributed by atoms with E-state index in [1.54, 1.807) is 0 Å². The van der Waals surface area contributed by atoms with Crippen LogP contribution in [0.15, 0.2) is 11.6 Å². The fourth-order valence-corrected chi connectivity index (χ4v) is 1.96. The van der Waals surface area contributed by atoms with Crippen molar-refractivity contribution in [2.75, 3.05) is 13.1 Å². The summed E-state index contributed by atoms with van der Waals surface area (Å²) < 4.78 is 0. The minimum Gasteiger partial charge on any atom is -0.300 e. The van der Waals surface area contributed by atoms with E-state index in [4.69, 9.17) is 5.26 Å². The third-order valence-corrected chi connectivity index (χ3v) is 2.93. The van der Waals surface area contributed by atoms with Crippen LogP contribution in [0.1, 0.15) is 25.7 Å². The molecule has 0 radical (unpaired) electrons. The molecule has 1 heterocycles. The molecule has 2 nitrogen and oxygen atoms in total. The summed E-state index contributed by atoms with van der Waals surface area (Å²) in [4.78, 5) is 2.53. The Hall–Kier alpha value is -0.810. The number of rotatable bonds is 1. The second kappa shape index (κ2) is 3.28. The number of nitrogens with zero attached hydrogens (tertiary/aromatic N) is 2. The molecule has 2 heteroatoms. The molecule has 0 saturated carbocycles. The fraction of sp³-hybridized carbons (Fsp3) is 0.700. The summed E-state index contributed by atoms with van der Waals surface area (Å²) in [5.74, 6) is 0. The van der Waals surface area contributed by atoms with Gasteiger partial charge in [-0.05, 0) is 38.8 Å². The Morgan fingerprint density at radius 1 is 1.50 bits per heavy atom. The van der Waals surface area contributed by atoms with Crippen molar-refractivity contribution in [1.82, 2.24) is 4.90 Å². The van der Waals surface area contributed by atoms with Gasteiger partial charge in [0.2, 0.25) is 0 Å². The van der Waals surface area contributed by atoms with Crippen molar-refractivity contribution in [2.24, 2.45) is 0 Å². The molecule has 1 fully saturated rings. The molecule has 64 valence electrons. The van der Waals surface area contributed by atoms with Crippen molar-refractivity contribution in [3.63, 3.8) is 0 Å². The van der Waals surface area contributed by atoms with Crippen molar-refractivity contribution in [3.8, 4) is 6.07 Å². The van der Waals surface area contributed by atoms with E-state index < -0.39 is 0 Å². The zero-order valence-corrected chi connectivity index (χ0v) is 7.29. The summed E-state index contributed by atoms with van der Waals surface area (Å²) in [6.45, 7) is 2.56. The lowest BCUT2D eigenvalue weighted by Gasteiger charge is -2.39. The van der Waals surface area contributed by atoms with Gasteiger partial charge in [0, 0.05) is 11.6 Å². The Bertz CT molecular complexity index is 233. The van der Waals surface area contributed by atoms with Crippen molar-refractivity contribution < 1.29 is 0 Å². The summed E-state index contributed by atoms with van der Waals surface area (Å²) in [5, 5.41) is 8.66. The molecule has 0 aromatic heterocycles. The molecule has 0 aromatic rings. The number of allylic oxidation sites excluding steroid dienone is 1. The SMILES string of the molecule is N#CC1=CCC(N2CCC2)CC1. The van der Waals surface area contributed by atoms with Crippen LogP contribution in [-0.4, -0.2) is 24.0 Å². The molecule has 1 aliphatic heterocycles. The van der Waals surface area contributed by atoms with Crippen LogP contribution in [0, 0.1) is 11.3 Å². The van der Waals surface area contributed by atoms with E-state index in [9.17, 15) is 0 Å². The van der Waals surface area contributed by atoms with Crippen LogP contribution < -0.4 is 0 Å². The van der Waals surface area contributed by atoms with Crippen LogP contribution in [-0.2, 0) is 0 Å². The fourth-order valence-electron chi connectivity index (χ4n) is 1.96. The van der Waals surface area contributed by atoms with E-state index in [2.05, 4.69) is 17.0 Å². The molecule has 0 aromatic carbocycles. The van der Waals surface area contributed by atoms with Gasteiger partial charge in [0.15, 0.2) is 0 Å². The van der Waals surface area contributed by atoms with Gasteiger partial charge in [-0.1, -0.05) is 6.08 Å². The van der Waals surface area contributed by atoms with Crippen LogP contribution >= 0.6 is 0 Å². The lowest BCUT2D eigenvalue weighted by atomic mass is 9.93. The second-order valence-corrected chi connectivity index (χ2v) is 3.66. The van der Waals surface area contributed by atoms with Crippen molar-refractivity contribution in [1.29, 1.82) is 5.26 Å². The number of hydrogen-bond donors (Lipinski definition) is 0. The largest absolute Gasteiger partial charge is 0.300 e. The Balaban J connectivity index is 1.90. The van der Waals surface area contributed by atoms with Gasteiger partial charge >= 0.3 is 0 Å². The number of nitriles is 1. The average molecular weight is 162 g/mol. The zero-order chi connectivity index (χ0) is 8.39. The monoisotopic (exact) mass is 162 g/mol. The summed E-state index contributed by atoms with van der Waals surface area (Å²) in [6.07, 6.45) is 6.78. The van der Waals surface area contributed by atoms with Gasteiger partial charge < -0.3 is 0 Å². The molecule has 1 saturated heterocycles. The molecule has 0 N–H and O–H groups in total. The van der Waals surface area contributed by atoms with Crippen LogP contribution in [0.3, 0.4) is 0 Å². The minimum absolute atomic E-state index is 0.746. The van der Waals surface area contributed by atoms with Crippen LogP contribution in [0.4, 0.5) is 0 Å². The molecule has 1 unspecified atom stereocenters. The van der Waals surface area contributed by atoms with Gasteiger partial charge in [-0.2, -0.15) is 5.26 Å². The summed E-state index contributed by atoms with van der Waals surface area (Å²) >= 11 is 0. The first-order valence-electron chi connectivity index (χ1n) is 4.73. The maximum absolute atomic E-state index is 8.66.